The van der Waals surface area contributed by atoms with Crippen LogP contribution in [0.2, 0.25) is 0 Å². The van der Waals surface area contributed by atoms with Crippen molar-refractivity contribution in [2.75, 3.05) is 27.3 Å². The van der Waals surface area contributed by atoms with Gasteiger partial charge in [0.2, 0.25) is 0 Å². The Morgan fingerprint density at radius 3 is 2.86 bits per heavy atom. The molecular formula is C18H26FNO2. The lowest BCUT2D eigenvalue weighted by Crippen LogP contribution is -2.47. The van der Waals surface area contributed by atoms with Crippen molar-refractivity contribution in [1.82, 2.24) is 4.90 Å². The van der Waals surface area contributed by atoms with Gasteiger partial charge < -0.3 is 9.47 Å². The largest absolute Gasteiger partial charge is 0.496 e. The minimum atomic E-state index is -0.173. The molecule has 2 fully saturated rings. The first-order valence-corrected chi connectivity index (χ1v) is 8.25. The lowest BCUT2D eigenvalue weighted by Gasteiger charge is -2.43. The van der Waals surface area contributed by atoms with Crippen molar-refractivity contribution in [2.24, 2.45) is 5.41 Å². The van der Waals surface area contributed by atoms with Gasteiger partial charge in [-0.05, 0) is 44.4 Å². The first-order chi connectivity index (χ1) is 10.7. The highest BCUT2D eigenvalue weighted by Crippen LogP contribution is 2.46. The van der Waals surface area contributed by atoms with Crippen molar-refractivity contribution < 1.29 is 13.9 Å². The average molecular weight is 307 g/mol. The molecule has 0 bridgehead atoms. The second kappa shape index (κ2) is 6.55. The van der Waals surface area contributed by atoms with Gasteiger partial charge in [0.15, 0.2) is 0 Å². The fourth-order valence-corrected chi connectivity index (χ4v) is 4.44. The number of benzene rings is 1. The third kappa shape index (κ3) is 2.86. The van der Waals surface area contributed by atoms with Gasteiger partial charge in [0, 0.05) is 31.2 Å². The van der Waals surface area contributed by atoms with E-state index in [1.807, 2.05) is 13.2 Å². The summed E-state index contributed by atoms with van der Waals surface area (Å²) in [7, 11) is 3.43. The molecule has 1 aliphatic carbocycles. The molecule has 122 valence electrons. The summed E-state index contributed by atoms with van der Waals surface area (Å²) in [5.74, 6) is 0.475. The van der Waals surface area contributed by atoms with Crippen LogP contribution in [0.15, 0.2) is 18.2 Å². The van der Waals surface area contributed by atoms with Crippen LogP contribution in [0.1, 0.15) is 37.7 Å². The van der Waals surface area contributed by atoms with E-state index in [-0.39, 0.29) is 11.2 Å². The predicted molar refractivity (Wildman–Crippen MR) is 84.5 cm³/mol. The molecule has 1 heterocycles. The van der Waals surface area contributed by atoms with Crippen LogP contribution in [-0.4, -0.2) is 38.3 Å². The van der Waals surface area contributed by atoms with Crippen LogP contribution in [0.3, 0.4) is 0 Å². The van der Waals surface area contributed by atoms with E-state index in [1.54, 1.807) is 13.2 Å². The molecule has 22 heavy (non-hydrogen) atoms. The van der Waals surface area contributed by atoms with Crippen LogP contribution in [0.25, 0.3) is 0 Å². The fourth-order valence-electron chi connectivity index (χ4n) is 4.44. The number of rotatable bonds is 4. The Kier molecular flexibility index (Phi) is 4.69. The third-order valence-corrected chi connectivity index (χ3v) is 5.47. The van der Waals surface area contributed by atoms with E-state index in [2.05, 4.69) is 4.90 Å². The predicted octanol–water partition coefficient (Wildman–Crippen LogP) is 3.62. The molecule has 0 N–H and O–H groups in total. The van der Waals surface area contributed by atoms with Crippen molar-refractivity contribution in [3.05, 3.63) is 29.6 Å². The Labute approximate surface area is 132 Å². The highest BCUT2D eigenvalue weighted by molar-refractivity contribution is 5.34. The van der Waals surface area contributed by atoms with E-state index in [4.69, 9.17) is 9.47 Å². The first-order valence-electron chi connectivity index (χ1n) is 8.25. The van der Waals surface area contributed by atoms with Crippen LogP contribution in [0, 0.1) is 11.2 Å². The first kappa shape index (κ1) is 15.8. The summed E-state index contributed by atoms with van der Waals surface area (Å²) in [4.78, 5) is 2.38. The van der Waals surface area contributed by atoms with Gasteiger partial charge in [-0.25, -0.2) is 4.39 Å². The Morgan fingerprint density at radius 1 is 1.27 bits per heavy atom. The smallest absolute Gasteiger partial charge is 0.131 e. The van der Waals surface area contributed by atoms with E-state index >= 15 is 0 Å². The van der Waals surface area contributed by atoms with Gasteiger partial charge in [-0.1, -0.05) is 12.5 Å². The van der Waals surface area contributed by atoms with E-state index in [1.165, 1.54) is 25.3 Å². The summed E-state index contributed by atoms with van der Waals surface area (Å²) in [6, 6.07) is 5.06. The number of hydrogen-bond donors (Lipinski definition) is 0. The summed E-state index contributed by atoms with van der Waals surface area (Å²) in [5, 5.41) is 0. The van der Waals surface area contributed by atoms with Gasteiger partial charge in [-0.2, -0.15) is 0 Å². The molecule has 0 radical (unpaired) electrons. The number of nitrogens with zero attached hydrogens (tertiary/aromatic N) is 1. The van der Waals surface area contributed by atoms with Gasteiger partial charge >= 0.3 is 0 Å². The zero-order chi connectivity index (χ0) is 15.6. The molecule has 1 saturated heterocycles. The SMILES string of the molecule is COc1cccc(F)c1CN1CCC[C@]2(CCC[C@H]2OC)C1. The Balaban J connectivity index is 1.76. The van der Waals surface area contributed by atoms with Gasteiger partial charge in [0.05, 0.1) is 13.2 Å². The molecule has 0 unspecified atom stereocenters. The molecular weight excluding hydrogens is 281 g/mol. The molecule has 0 aromatic heterocycles. The number of hydrogen-bond acceptors (Lipinski definition) is 3. The van der Waals surface area contributed by atoms with Crippen molar-refractivity contribution in [2.45, 2.75) is 44.8 Å². The Bertz CT molecular complexity index is 522. The number of likely N-dealkylation sites (tertiary alicyclic amines) is 1. The van der Waals surface area contributed by atoms with E-state index in [0.29, 0.717) is 24.0 Å². The maximum absolute atomic E-state index is 14.2. The van der Waals surface area contributed by atoms with Crippen LogP contribution < -0.4 is 4.74 Å². The summed E-state index contributed by atoms with van der Waals surface area (Å²) < 4.78 is 25.3. The molecule has 3 nitrogen and oxygen atoms in total. The van der Waals surface area contributed by atoms with Crippen LogP contribution >= 0.6 is 0 Å². The van der Waals surface area contributed by atoms with Crippen LogP contribution in [-0.2, 0) is 11.3 Å². The standard InChI is InChI=1S/C18H26FNO2/c1-21-16-7-3-6-15(19)14(16)12-20-11-5-10-18(13-20)9-4-8-17(18)22-2/h3,6-7,17H,4-5,8-13H2,1-2H3/t17-,18-/m1/s1. The fraction of sp³-hybridized carbons (Fsp3) is 0.667. The molecule has 3 rings (SSSR count). The zero-order valence-corrected chi connectivity index (χ0v) is 13.6. The second-order valence-electron chi connectivity index (χ2n) is 6.71. The lowest BCUT2D eigenvalue weighted by molar-refractivity contribution is -0.0369. The van der Waals surface area contributed by atoms with Gasteiger partial charge in [0.25, 0.3) is 0 Å². The molecule has 4 heteroatoms. The summed E-state index contributed by atoms with van der Waals surface area (Å²) in [6.45, 7) is 2.65. The normalized spacial score (nSPS) is 29.1. The van der Waals surface area contributed by atoms with Crippen molar-refractivity contribution in [3.63, 3.8) is 0 Å². The Hall–Kier alpha value is -1.13. The molecule has 2 aliphatic rings. The highest BCUT2D eigenvalue weighted by Gasteiger charge is 2.45. The van der Waals surface area contributed by atoms with Gasteiger partial charge in [-0.3, -0.25) is 4.90 Å². The van der Waals surface area contributed by atoms with Crippen LogP contribution in [0.5, 0.6) is 5.75 Å². The minimum absolute atomic E-state index is 0.173. The molecule has 0 amide bonds. The number of ether oxygens (including phenoxy) is 2. The maximum atomic E-state index is 14.2. The molecule has 1 aromatic carbocycles. The summed E-state index contributed by atoms with van der Waals surface area (Å²) in [5.41, 5.74) is 0.944. The third-order valence-electron chi connectivity index (χ3n) is 5.47. The van der Waals surface area contributed by atoms with E-state index in [0.717, 1.165) is 25.9 Å². The monoisotopic (exact) mass is 307 g/mol. The summed E-state index contributed by atoms with van der Waals surface area (Å²) in [6.07, 6.45) is 6.39. The van der Waals surface area contributed by atoms with E-state index in [9.17, 15) is 4.39 Å². The van der Waals surface area contributed by atoms with Gasteiger partial charge in [-0.15, -0.1) is 0 Å². The quantitative estimate of drug-likeness (QED) is 0.848. The van der Waals surface area contributed by atoms with Crippen LogP contribution in [0.4, 0.5) is 4.39 Å². The second-order valence-corrected chi connectivity index (χ2v) is 6.71. The molecule has 1 aromatic rings. The highest BCUT2D eigenvalue weighted by atomic mass is 19.1. The van der Waals surface area contributed by atoms with Gasteiger partial charge in [0.1, 0.15) is 11.6 Å². The summed E-state index contributed by atoms with van der Waals surface area (Å²) >= 11 is 0. The molecule has 2 atom stereocenters. The number of halogens is 1. The molecule has 1 saturated carbocycles. The molecule has 1 aliphatic heterocycles. The van der Waals surface area contributed by atoms with E-state index < -0.39 is 0 Å². The average Bonchev–Trinajstić information content (AvgIpc) is 2.91. The maximum Gasteiger partial charge on any atom is 0.131 e. The van der Waals surface area contributed by atoms with Crippen molar-refractivity contribution >= 4 is 0 Å². The number of methoxy groups -OCH3 is 2. The van der Waals surface area contributed by atoms with Crippen molar-refractivity contribution in [3.8, 4) is 5.75 Å². The molecule has 1 spiro atoms. The lowest BCUT2D eigenvalue weighted by atomic mass is 9.76. The zero-order valence-electron chi connectivity index (χ0n) is 13.6. The number of piperidine rings is 1. The van der Waals surface area contributed by atoms with Crippen molar-refractivity contribution in [1.29, 1.82) is 0 Å². The minimum Gasteiger partial charge on any atom is -0.496 e. The topological polar surface area (TPSA) is 21.7 Å². The Morgan fingerprint density at radius 2 is 2.09 bits per heavy atom.